The summed E-state index contributed by atoms with van der Waals surface area (Å²) < 4.78 is 0. The molecule has 3 heteroatoms. The van der Waals surface area contributed by atoms with Crippen molar-refractivity contribution in [2.45, 2.75) is 38.1 Å². The third-order valence-corrected chi connectivity index (χ3v) is 4.37. The molecule has 2 rings (SSSR count). The summed E-state index contributed by atoms with van der Waals surface area (Å²) in [6.45, 7) is 4.88. The summed E-state index contributed by atoms with van der Waals surface area (Å²) in [6, 6.07) is 0.443. The Kier molecular flexibility index (Phi) is 4.62. The second kappa shape index (κ2) is 5.99. The number of hydrogen-bond donors (Lipinski definition) is 2. The van der Waals surface area contributed by atoms with Gasteiger partial charge >= 0.3 is 0 Å². The van der Waals surface area contributed by atoms with Gasteiger partial charge in [-0.15, -0.1) is 0 Å². The molecule has 2 fully saturated rings. The summed E-state index contributed by atoms with van der Waals surface area (Å²) in [4.78, 5) is 2.42. The Labute approximate surface area is 99.8 Å². The van der Waals surface area contributed by atoms with Crippen LogP contribution in [0.4, 0.5) is 0 Å². The predicted octanol–water partition coefficient (Wildman–Crippen LogP) is 1.05. The van der Waals surface area contributed by atoms with Gasteiger partial charge in [-0.05, 0) is 77.2 Å². The molecule has 94 valence electrons. The summed E-state index contributed by atoms with van der Waals surface area (Å²) in [7, 11) is 2.22. The van der Waals surface area contributed by atoms with Crippen molar-refractivity contribution in [2.24, 2.45) is 17.6 Å². The van der Waals surface area contributed by atoms with Gasteiger partial charge in [-0.25, -0.2) is 0 Å². The topological polar surface area (TPSA) is 41.3 Å². The quantitative estimate of drug-likeness (QED) is 0.754. The van der Waals surface area contributed by atoms with Crippen LogP contribution in [-0.4, -0.2) is 44.2 Å². The molecule has 2 aliphatic rings. The van der Waals surface area contributed by atoms with E-state index in [9.17, 15) is 0 Å². The summed E-state index contributed by atoms with van der Waals surface area (Å²) in [6.07, 6.45) is 6.56. The molecule has 0 aromatic rings. The van der Waals surface area contributed by atoms with Crippen molar-refractivity contribution in [1.29, 1.82) is 0 Å². The first-order valence-corrected chi connectivity index (χ1v) is 6.90. The van der Waals surface area contributed by atoms with Gasteiger partial charge in [0.1, 0.15) is 0 Å². The summed E-state index contributed by atoms with van der Waals surface area (Å²) >= 11 is 0. The SMILES string of the molecule is CN1CCC(C(N)CC2CCCNC2)CC1. The van der Waals surface area contributed by atoms with Crippen LogP contribution in [0, 0.1) is 11.8 Å². The van der Waals surface area contributed by atoms with Crippen LogP contribution in [0.25, 0.3) is 0 Å². The lowest BCUT2D eigenvalue weighted by Gasteiger charge is -2.34. The molecule has 0 bridgehead atoms. The Balaban J connectivity index is 1.72. The zero-order valence-electron chi connectivity index (χ0n) is 10.6. The van der Waals surface area contributed by atoms with Gasteiger partial charge < -0.3 is 16.0 Å². The fraction of sp³-hybridized carbons (Fsp3) is 1.00. The van der Waals surface area contributed by atoms with E-state index >= 15 is 0 Å². The van der Waals surface area contributed by atoms with E-state index in [0.29, 0.717) is 6.04 Å². The van der Waals surface area contributed by atoms with Crippen molar-refractivity contribution < 1.29 is 0 Å². The van der Waals surface area contributed by atoms with E-state index in [1.54, 1.807) is 0 Å². The molecule has 2 unspecified atom stereocenters. The molecule has 0 aliphatic carbocycles. The maximum Gasteiger partial charge on any atom is 0.00712 e. The molecule has 0 radical (unpaired) electrons. The normalized spacial score (nSPS) is 31.5. The predicted molar refractivity (Wildman–Crippen MR) is 68.4 cm³/mol. The van der Waals surface area contributed by atoms with Gasteiger partial charge in [-0.3, -0.25) is 0 Å². The second-order valence-corrected chi connectivity index (χ2v) is 5.75. The molecule has 0 spiro atoms. The molecule has 16 heavy (non-hydrogen) atoms. The lowest BCUT2D eigenvalue weighted by Crippen LogP contribution is -2.42. The smallest absolute Gasteiger partial charge is 0.00712 e. The van der Waals surface area contributed by atoms with E-state index in [4.69, 9.17) is 5.73 Å². The van der Waals surface area contributed by atoms with Crippen molar-refractivity contribution in [2.75, 3.05) is 33.2 Å². The molecule has 3 N–H and O–H groups in total. The van der Waals surface area contributed by atoms with Crippen LogP contribution in [0.1, 0.15) is 32.1 Å². The third-order valence-electron chi connectivity index (χ3n) is 4.37. The standard InChI is InChI=1S/C13H27N3/c1-16-7-4-12(5-8-16)13(14)9-11-3-2-6-15-10-11/h11-13,15H,2-10,14H2,1H3. The fourth-order valence-corrected chi connectivity index (χ4v) is 3.16. The van der Waals surface area contributed by atoms with Gasteiger partial charge in [-0.1, -0.05) is 0 Å². The second-order valence-electron chi connectivity index (χ2n) is 5.75. The van der Waals surface area contributed by atoms with Crippen LogP contribution in [0.2, 0.25) is 0 Å². The highest BCUT2D eigenvalue weighted by Crippen LogP contribution is 2.24. The zero-order valence-corrected chi connectivity index (χ0v) is 10.6. The van der Waals surface area contributed by atoms with Gasteiger partial charge in [0.05, 0.1) is 0 Å². The molecular formula is C13H27N3. The highest BCUT2D eigenvalue weighted by Gasteiger charge is 2.25. The number of nitrogens with two attached hydrogens (primary N) is 1. The molecule has 0 amide bonds. The van der Waals surface area contributed by atoms with E-state index in [0.717, 1.165) is 11.8 Å². The van der Waals surface area contributed by atoms with Gasteiger partial charge in [0.2, 0.25) is 0 Å². The largest absolute Gasteiger partial charge is 0.327 e. The maximum absolute atomic E-state index is 6.38. The molecule has 3 nitrogen and oxygen atoms in total. The minimum atomic E-state index is 0.443. The minimum Gasteiger partial charge on any atom is -0.327 e. The Morgan fingerprint density at radius 1 is 1.31 bits per heavy atom. The molecule has 0 aromatic heterocycles. The van der Waals surface area contributed by atoms with Crippen LogP contribution in [0.5, 0.6) is 0 Å². The molecule has 2 atom stereocenters. The van der Waals surface area contributed by atoms with Gasteiger partial charge in [-0.2, -0.15) is 0 Å². The van der Waals surface area contributed by atoms with Gasteiger partial charge in [0.25, 0.3) is 0 Å². The molecule has 0 saturated carbocycles. The first-order valence-electron chi connectivity index (χ1n) is 6.90. The van der Waals surface area contributed by atoms with Crippen molar-refractivity contribution in [3.63, 3.8) is 0 Å². The molecular weight excluding hydrogens is 198 g/mol. The molecule has 0 aromatic carbocycles. The van der Waals surface area contributed by atoms with Crippen molar-refractivity contribution in [3.05, 3.63) is 0 Å². The fourth-order valence-electron chi connectivity index (χ4n) is 3.16. The van der Waals surface area contributed by atoms with Crippen molar-refractivity contribution in [1.82, 2.24) is 10.2 Å². The maximum atomic E-state index is 6.38. The minimum absolute atomic E-state index is 0.443. The number of hydrogen-bond acceptors (Lipinski definition) is 3. The molecule has 2 aliphatic heterocycles. The third kappa shape index (κ3) is 3.44. The lowest BCUT2D eigenvalue weighted by atomic mass is 9.83. The molecule has 2 heterocycles. The van der Waals surface area contributed by atoms with Crippen molar-refractivity contribution in [3.8, 4) is 0 Å². The summed E-state index contributed by atoms with van der Waals surface area (Å²) in [5.74, 6) is 1.61. The Morgan fingerprint density at radius 2 is 2.06 bits per heavy atom. The van der Waals surface area contributed by atoms with E-state index < -0.39 is 0 Å². The lowest BCUT2D eigenvalue weighted by molar-refractivity contribution is 0.182. The van der Waals surface area contributed by atoms with Crippen LogP contribution < -0.4 is 11.1 Å². The van der Waals surface area contributed by atoms with E-state index in [1.165, 1.54) is 58.3 Å². The van der Waals surface area contributed by atoms with E-state index in [2.05, 4.69) is 17.3 Å². The summed E-state index contributed by atoms with van der Waals surface area (Å²) in [5.41, 5.74) is 6.38. The van der Waals surface area contributed by atoms with Gasteiger partial charge in [0.15, 0.2) is 0 Å². The monoisotopic (exact) mass is 225 g/mol. The van der Waals surface area contributed by atoms with Gasteiger partial charge in [0, 0.05) is 6.04 Å². The van der Waals surface area contributed by atoms with Crippen LogP contribution in [0.3, 0.4) is 0 Å². The first kappa shape index (κ1) is 12.3. The zero-order chi connectivity index (χ0) is 11.4. The number of piperidine rings is 2. The summed E-state index contributed by atoms with van der Waals surface area (Å²) in [5, 5.41) is 3.49. The van der Waals surface area contributed by atoms with Crippen LogP contribution >= 0.6 is 0 Å². The van der Waals surface area contributed by atoms with E-state index in [-0.39, 0.29) is 0 Å². The van der Waals surface area contributed by atoms with Crippen LogP contribution in [0.15, 0.2) is 0 Å². The average Bonchev–Trinajstić information content (AvgIpc) is 2.31. The van der Waals surface area contributed by atoms with Crippen LogP contribution in [-0.2, 0) is 0 Å². The number of nitrogens with one attached hydrogen (secondary N) is 1. The Hall–Kier alpha value is -0.120. The highest BCUT2D eigenvalue weighted by atomic mass is 15.1. The number of rotatable bonds is 3. The van der Waals surface area contributed by atoms with Crippen molar-refractivity contribution >= 4 is 0 Å². The molecule has 2 saturated heterocycles. The highest BCUT2D eigenvalue weighted by molar-refractivity contribution is 4.82. The Morgan fingerprint density at radius 3 is 2.69 bits per heavy atom. The first-order chi connectivity index (χ1) is 7.75. The average molecular weight is 225 g/mol. The number of likely N-dealkylation sites (tertiary alicyclic amines) is 1. The number of nitrogens with zero attached hydrogens (tertiary/aromatic N) is 1. The Bertz CT molecular complexity index is 193. The van der Waals surface area contributed by atoms with E-state index in [1.807, 2.05) is 0 Å².